The number of nitrogens with zero attached hydrogens (tertiary/aromatic N) is 5. The summed E-state index contributed by atoms with van der Waals surface area (Å²) < 4.78 is 5.36. The van der Waals surface area contributed by atoms with Gasteiger partial charge in [0.15, 0.2) is 0 Å². The van der Waals surface area contributed by atoms with Crippen LogP contribution < -0.4 is 15.5 Å². The number of ether oxygens (including phenoxy) is 1. The van der Waals surface area contributed by atoms with Crippen LogP contribution in [0.15, 0.2) is 0 Å². The number of morpholine rings is 1. The summed E-state index contributed by atoms with van der Waals surface area (Å²) in [6.45, 7) is 5.13. The van der Waals surface area contributed by atoms with Crippen LogP contribution in [0, 0.1) is 0 Å². The van der Waals surface area contributed by atoms with Crippen LogP contribution in [0.4, 0.5) is 17.8 Å². The minimum Gasteiger partial charge on any atom is -0.378 e. The largest absolute Gasteiger partial charge is 0.378 e. The van der Waals surface area contributed by atoms with E-state index in [1.54, 1.807) is 0 Å². The van der Waals surface area contributed by atoms with Crippen LogP contribution in [0.2, 0.25) is 0 Å². The number of nitrogens with two attached hydrogens (primary N) is 1. The number of hydrogen-bond donors (Lipinski definition) is 1. The van der Waals surface area contributed by atoms with Crippen LogP contribution in [0.5, 0.6) is 0 Å². The number of aromatic nitrogens is 3. The lowest BCUT2D eigenvalue weighted by molar-refractivity contribution is 0.122. The summed E-state index contributed by atoms with van der Waals surface area (Å²) in [5.74, 6) is 2.59. The number of rotatable bonds is 6. The van der Waals surface area contributed by atoms with Gasteiger partial charge in [0.1, 0.15) is 0 Å². The maximum absolute atomic E-state index is 5.87. The fourth-order valence-electron chi connectivity index (χ4n) is 2.29. The van der Waals surface area contributed by atoms with Crippen molar-refractivity contribution < 1.29 is 4.74 Å². The highest BCUT2D eigenvalue weighted by Gasteiger charge is 2.20. The van der Waals surface area contributed by atoms with E-state index in [1.807, 2.05) is 18.8 Å². The Balaban J connectivity index is 2.20. The highest BCUT2D eigenvalue weighted by Crippen LogP contribution is 2.19. The van der Waals surface area contributed by atoms with Gasteiger partial charge in [0.25, 0.3) is 0 Å². The molecule has 8 heteroatoms. The van der Waals surface area contributed by atoms with Crippen LogP contribution in [0.25, 0.3) is 0 Å². The summed E-state index contributed by atoms with van der Waals surface area (Å²) >= 11 is 1.82. The SMILES string of the molecule is CCC(CSC)N(C)c1nc(N)nc(N2CCOCC2)n1. The second-order valence-electron chi connectivity index (χ2n) is 5.02. The Hall–Kier alpha value is -1.28. The molecule has 1 aromatic rings. The van der Waals surface area contributed by atoms with Gasteiger partial charge in [-0.15, -0.1) is 0 Å². The summed E-state index contributed by atoms with van der Waals surface area (Å²) in [6.07, 6.45) is 3.15. The van der Waals surface area contributed by atoms with Gasteiger partial charge in [-0.05, 0) is 12.7 Å². The highest BCUT2D eigenvalue weighted by molar-refractivity contribution is 7.98. The van der Waals surface area contributed by atoms with Crippen LogP contribution >= 0.6 is 11.8 Å². The molecule has 2 rings (SSSR count). The zero-order chi connectivity index (χ0) is 15.2. The molecule has 0 spiro atoms. The van der Waals surface area contributed by atoms with Crippen LogP contribution in [-0.2, 0) is 4.74 Å². The van der Waals surface area contributed by atoms with E-state index >= 15 is 0 Å². The molecule has 2 N–H and O–H groups in total. The number of anilines is 3. The molecule has 7 nitrogen and oxygen atoms in total. The van der Waals surface area contributed by atoms with Crippen molar-refractivity contribution in [3.8, 4) is 0 Å². The zero-order valence-corrected chi connectivity index (χ0v) is 13.8. The molecule has 2 heterocycles. The van der Waals surface area contributed by atoms with Gasteiger partial charge >= 0.3 is 0 Å². The molecule has 1 aromatic heterocycles. The van der Waals surface area contributed by atoms with E-state index in [9.17, 15) is 0 Å². The van der Waals surface area contributed by atoms with E-state index in [-0.39, 0.29) is 5.95 Å². The van der Waals surface area contributed by atoms with Gasteiger partial charge in [-0.2, -0.15) is 26.7 Å². The van der Waals surface area contributed by atoms with Gasteiger partial charge in [-0.25, -0.2) is 0 Å². The Morgan fingerprint density at radius 3 is 2.67 bits per heavy atom. The molecule has 0 amide bonds. The van der Waals surface area contributed by atoms with Crippen molar-refractivity contribution in [2.45, 2.75) is 19.4 Å². The molecule has 0 radical (unpaired) electrons. The minimum absolute atomic E-state index is 0.271. The molecule has 1 atom stereocenters. The summed E-state index contributed by atoms with van der Waals surface area (Å²) in [5, 5.41) is 0. The fourth-order valence-corrected chi connectivity index (χ4v) is 3.14. The first kappa shape index (κ1) is 16.1. The summed E-state index contributed by atoms with van der Waals surface area (Å²) in [7, 11) is 2.02. The van der Waals surface area contributed by atoms with Gasteiger partial charge < -0.3 is 20.3 Å². The van der Waals surface area contributed by atoms with E-state index in [0.717, 1.165) is 25.3 Å². The Labute approximate surface area is 130 Å². The van der Waals surface area contributed by atoms with E-state index in [0.29, 0.717) is 31.2 Å². The summed E-state index contributed by atoms with van der Waals surface area (Å²) in [4.78, 5) is 17.3. The maximum Gasteiger partial charge on any atom is 0.232 e. The van der Waals surface area contributed by atoms with Crippen molar-refractivity contribution in [2.24, 2.45) is 0 Å². The molecule has 118 valence electrons. The van der Waals surface area contributed by atoms with E-state index in [2.05, 4.69) is 37.9 Å². The Kier molecular flexibility index (Phi) is 5.86. The highest BCUT2D eigenvalue weighted by atomic mass is 32.2. The average molecular weight is 312 g/mol. The first-order chi connectivity index (χ1) is 10.2. The first-order valence-corrected chi connectivity index (χ1v) is 8.61. The van der Waals surface area contributed by atoms with Crippen molar-refractivity contribution in [1.29, 1.82) is 0 Å². The van der Waals surface area contributed by atoms with Crippen molar-refractivity contribution in [3.63, 3.8) is 0 Å². The molecular weight excluding hydrogens is 288 g/mol. The smallest absolute Gasteiger partial charge is 0.232 e. The molecule has 1 aliphatic heterocycles. The predicted molar refractivity (Wildman–Crippen MR) is 88.1 cm³/mol. The van der Waals surface area contributed by atoms with Gasteiger partial charge in [0.2, 0.25) is 17.8 Å². The monoisotopic (exact) mass is 312 g/mol. The zero-order valence-electron chi connectivity index (χ0n) is 12.9. The van der Waals surface area contributed by atoms with E-state index in [4.69, 9.17) is 10.5 Å². The van der Waals surface area contributed by atoms with Crippen LogP contribution in [0.1, 0.15) is 13.3 Å². The molecule has 0 aromatic carbocycles. The lowest BCUT2D eigenvalue weighted by Gasteiger charge is -2.30. The Bertz CT molecular complexity index is 454. The third-order valence-electron chi connectivity index (χ3n) is 3.62. The lowest BCUT2D eigenvalue weighted by Crippen LogP contribution is -2.39. The van der Waals surface area contributed by atoms with Gasteiger partial charge in [-0.1, -0.05) is 6.92 Å². The molecule has 1 unspecified atom stereocenters. The molecule has 21 heavy (non-hydrogen) atoms. The predicted octanol–water partition coefficient (Wildman–Crippen LogP) is 0.868. The average Bonchev–Trinajstić information content (AvgIpc) is 2.52. The number of nitrogen functional groups attached to an aromatic ring is 1. The number of thioether (sulfide) groups is 1. The van der Waals surface area contributed by atoms with E-state index in [1.165, 1.54) is 0 Å². The van der Waals surface area contributed by atoms with Crippen molar-refractivity contribution in [1.82, 2.24) is 15.0 Å². The summed E-state index contributed by atoms with van der Waals surface area (Å²) in [5.41, 5.74) is 5.87. The van der Waals surface area contributed by atoms with Gasteiger partial charge in [0.05, 0.1) is 13.2 Å². The molecule has 0 saturated carbocycles. The van der Waals surface area contributed by atoms with Gasteiger partial charge in [0, 0.05) is 31.9 Å². The van der Waals surface area contributed by atoms with Crippen LogP contribution in [0.3, 0.4) is 0 Å². The normalized spacial score (nSPS) is 16.8. The quantitative estimate of drug-likeness (QED) is 0.829. The Morgan fingerprint density at radius 1 is 1.33 bits per heavy atom. The summed E-state index contributed by atoms with van der Waals surface area (Å²) in [6, 6.07) is 0.388. The Morgan fingerprint density at radius 2 is 2.05 bits per heavy atom. The van der Waals surface area contributed by atoms with Crippen molar-refractivity contribution in [2.75, 3.05) is 60.9 Å². The standard InChI is InChI=1S/C13H24N6OS/c1-4-10(9-21-3)18(2)12-15-11(14)16-13(17-12)19-5-7-20-8-6-19/h10H,4-9H2,1-3H3,(H2,14,15,16,17). The molecule has 1 aliphatic rings. The molecule has 0 aliphatic carbocycles. The number of hydrogen-bond acceptors (Lipinski definition) is 8. The first-order valence-electron chi connectivity index (χ1n) is 7.21. The van der Waals surface area contributed by atoms with Crippen molar-refractivity contribution in [3.05, 3.63) is 0 Å². The van der Waals surface area contributed by atoms with Crippen LogP contribution in [-0.4, -0.2) is 66.4 Å². The van der Waals surface area contributed by atoms with Gasteiger partial charge in [-0.3, -0.25) is 0 Å². The van der Waals surface area contributed by atoms with E-state index < -0.39 is 0 Å². The van der Waals surface area contributed by atoms with Crippen molar-refractivity contribution >= 4 is 29.6 Å². The molecule has 0 bridgehead atoms. The third kappa shape index (κ3) is 4.10. The topological polar surface area (TPSA) is 80.4 Å². The molecule has 1 fully saturated rings. The molecular formula is C13H24N6OS. The second-order valence-corrected chi connectivity index (χ2v) is 5.93. The third-order valence-corrected chi connectivity index (χ3v) is 4.33. The molecule has 1 saturated heterocycles. The maximum atomic E-state index is 5.87. The minimum atomic E-state index is 0.271. The lowest BCUT2D eigenvalue weighted by atomic mass is 10.2. The second kappa shape index (κ2) is 7.65. The fraction of sp³-hybridized carbons (Fsp3) is 0.769.